The van der Waals surface area contributed by atoms with Crippen LogP contribution in [0.4, 0.5) is 5.13 Å². The minimum atomic E-state index is -0.257. The van der Waals surface area contributed by atoms with Gasteiger partial charge in [0, 0.05) is 24.4 Å². The minimum Gasteiger partial charge on any atom is -0.469 e. The Morgan fingerprint density at radius 1 is 1.68 bits per heavy atom. The van der Waals surface area contributed by atoms with Crippen molar-refractivity contribution < 1.29 is 14.3 Å². The first-order valence-electron chi connectivity index (χ1n) is 6.59. The zero-order valence-electron chi connectivity index (χ0n) is 11.3. The second-order valence-electron chi connectivity index (χ2n) is 4.64. The van der Waals surface area contributed by atoms with Gasteiger partial charge in [-0.2, -0.15) is 0 Å². The molecule has 0 radical (unpaired) electrons. The van der Waals surface area contributed by atoms with Gasteiger partial charge in [-0.1, -0.05) is 6.92 Å². The van der Waals surface area contributed by atoms with Gasteiger partial charge in [0.1, 0.15) is 0 Å². The number of hydrogen-bond acceptors (Lipinski definition) is 6. The number of rotatable bonds is 6. The van der Waals surface area contributed by atoms with Gasteiger partial charge in [-0.3, -0.25) is 4.79 Å². The fourth-order valence-corrected chi connectivity index (χ4v) is 3.01. The fourth-order valence-electron chi connectivity index (χ4n) is 2.29. The van der Waals surface area contributed by atoms with E-state index < -0.39 is 0 Å². The number of esters is 1. The SMILES string of the molecule is CCC1OCCC1CNc1nc(CC(=O)OC)cs1. The summed E-state index contributed by atoms with van der Waals surface area (Å²) in [6.07, 6.45) is 2.75. The molecule has 2 heterocycles. The zero-order valence-corrected chi connectivity index (χ0v) is 12.2. The molecule has 6 heteroatoms. The van der Waals surface area contributed by atoms with Crippen LogP contribution in [0.5, 0.6) is 0 Å². The lowest BCUT2D eigenvalue weighted by molar-refractivity contribution is -0.139. The summed E-state index contributed by atoms with van der Waals surface area (Å²) in [6.45, 7) is 3.89. The van der Waals surface area contributed by atoms with E-state index in [1.165, 1.54) is 18.4 Å². The monoisotopic (exact) mass is 284 g/mol. The number of carbonyl (C=O) groups excluding carboxylic acids is 1. The summed E-state index contributed by atoms with van der Waals surface area (Å²) >= 11 is 1.52. The molecule has 1 saturated heterocycles. The van der Waals surface area contributed by atoms with Gasteiger partial charge >= 0.3 is 5.97 Å². The van der Waals surface area contributed by atoms with Crippen LogP contribution in [-0.4, -0.2) is 37.3 Å². The Bertz CT molecular complexity index is 422. The van der Waals surface area contributed by atoms with Gasteiger partial charge < -0.3 is 14.8 Å². The van der Waals surface area contributed by atoms with Crippen molar-refractivity contribution in [2.24, 2.45) is 5.92 Å². The van der Waals surface area contributed by atoms with Crippen molar-refractivity contribution in [3.63, 3.8) is 0 Å². The van der Waals surface area contributed by atoms with Crippen LogP contribution in [0.25, 0.3) is 0 Å². The molecule has 1 aromatic rings. The highest BCUT2D eigenvalue weighted by Gasteiger charge is 2.26. The van der Waals surface area contributed by atoms with E-state index in [-0.39, 0.29) is 12.4 Å². The van der Waals surface area contributed by atoms with E-state index in [9.17, 15) is 4.79 Å². The quantitative estimate of drug-likeness (QED) is 0.811. The summed E-state index contributed by atoms with van der Waals surface area (Å²) in [4.78, 5) is 15.5. The summed E-state index contributed by atoms with van der Waals surface area (Å²) in [7, 11) is 1.39. The lowest BCUT2D eigenvalue weighted by Gasteiger charge is -2.16. The third-order valence-electron chi connectivity index (χ3n) is 3.37. The number of nitrogens with zero attached hydrogens (tertiary/aromatic N) is 1. The molecule has 5 nitrogen and oxygen atoms in total. The van der Waals surface area contributed by atoms with Crippen LogP contribution in [0.15, 0.2) is 5.38 Å². The molecule has 1 fully saturated rings. The molecule has 0 spiro atoms. The van der Waals surface area contributed by atoms with Gasteiger partial charge in [-0.25, -0.2) is 4.98 Å². The summed E-state index contributed by atoms with van der Waals surface area (Å²) in [6, 6.07) is 0. The molecule has 19 heavy (non-hydrogen) atoms. The second-order valence-corrected chi connectivity index (χ2v) is 5.50. The maximum Gasteiger partial charge on any atom is 0.311 e. The Balaban J connectivity index is 1.81. The van der Waals surface area contributed by atoms with E-state index >= 15 is 0 Å². The van der Waals surface area contributed by atoms with E-state index in [1.807, 2.05) is 5.38 Å². The van der Waals surface area contributed by atoms with Crippen molar-refractivity contribution >= 4 is 22.4 Å². The molecular formula is C13H20N2O3S. The molecule has 1 aliphatic rings. The molecule has 106 valence electrons. The Morgan fingerprint density at radius 2 is 2.53 bits per heavy atom. The second kappa shape index (κ2) is 6.86. The molecular weight excluding hydrogens is 264 g/mol. The predicted molar refractivity (Wildman–Crippen MR) is 74.5 cm³/mol. The number of ether oxygens (including phenoxy) is 2. The first-order valence-corrected chi connectivity index (χ1v) is 7.47. The van der Waals surface area contributed by atoms with Crippen LogP contribution < -0.4 is 5.32 Å². The number of methoxy groups -OCH3 is 1. The molecule has 2 unspecified atom stereocenters. The molecule has 0 aliphatic carbocycles. The maximum absolute atomic E-state index is 11.1. The van der Waals surface area contributed by atoms with Crippen LogP contribution in [0.3, 0.4) is 0 Å². The van der Waals surface area contributed by atoms with E-state index in [2.05, 4.69) is 22.0 Å². The minimum absolute atomic E-state index is 0.235. The molecule has 0 aromatic carbocycles. The number of thiazole rings is 1. The number of aromatic nitrogens is 1. The van der Waals surface area contributed by atoms with Gasteiger partial charge in [0.25, 0.3) is 0 Å². The number of nitrogens with one attached hydrogen (secondary N) is 1. The van der Waals surface area contributed by atoms with Crippen molar-refractivity contribution in [3.8, 4) is 0 Å². The van der Waals surface area contributed by atoms with Gasteiger partial charge in [0.15, 0.2) is 5.13 Å². The highest BCUT2D eigenvalue weighted by Crippen LogP contribution is 2.24. The topological polar surface area (TPSA) is 60.5 Å². The fraction of sp³-hybridized carbons (Fsp3) is 0.692. The summed E-state index contributed by atoms with van der Waals surface area (Å²) in [5, 5.41) is 6.09. The summed E-state index contributed by atoms with van der Waals surface area (Å²) < 4.78 is 10.3. The largest absolute Gasteiger partial charge is 0.469 e. The van der Waals surface area contributed by atoms with E-state index in [0.29, 0.717) is 12.0 Å². The van der Waals surface area contributed by atoms with Gasteiger partial charge in [-0.15, -0.1) is 11.3 Å². The summed E-state index contributed by atoms with van der Waals surface area (Å²) in [5.41, 5.74) is 0.758. The molecule has 1 aliphatic heterocycles. The number of anilines is 1. The van der Waals surface area contributed by atoms with Crippen LogP contribution >= 0.6 is 11.3 Å². The Hall–Kier alpha value is -1.14. The first-order chi connectivity index (χ1) is 9.22. The standard InChI is InChI=1S/C13H20N2O3S/c1-3-11-9(4-5-18-11)7-14-13-15-10(8-19-13)6-12(16)17-2/h8-9,11H,3-7H2,1-2H3,(H,14,15). The number of carbonyl (C=O) groups is 1. The molecule has 2 atom stereocenters. The van der Waals surface area contributed by atoms with Crippen molar-refractivity contribution in [1.29, 1.82) is 0 Å². The van der Waals surface area contributed by atoms with E-state index in [0.717, 1.165) is 36.8 Å². The van der Waals surface area contributed by atoms with E-state index in [4.69, 9.17) is 4.74 Å². The molecule has 0 amide bonds. The molecule has 1 N–H and O–H groups in total. The van der Waals surface area contributed by atoms with Crippen LogP contribution in [-0.2, 0) is 20.7 Å². The number of hydrogen-bond donors (Lipinski definition) is 1. The molecule has 0 saturated carbocycles. The Labute approximate surface area is 117 Å². The van der Waals surface area contributed by atoms with Crippen LogP contribution in [0.2, 0.25) is 0 Å². The normalized spacial score (nSPS) is 22.4. The lowest BCUT2D eigenvalue weighted by atomic mass is 10.00. The van der Waals surface area contributed by atoms with Gasteiger partial charge in [0.2, 0.25) is 0 Å². The predicted octanol–water partition coefficient (Wildman–Crippen LogP) is 2.09. The highest BCUT2D eigenvalue weighted by atomic mass is 32.1. The Kier molecular flexibility index (Phi) is 5.15. The smallest absolute Gasteiger partial charge is 0.311 e. The van der Waals surface area contributed by atoms with Crippen molar-refractivity contribution in [2.45, 2.75) is 32.3 Å². The average molecular weight is 284 g/mol. The first kappa shape index (κ1) is 14.3. The molecule has 1 aromatic heterocycles. The average Bonchev–Trinajstić information content (AvgIpc) is 3.04. The third-order valence-corrected chi connectivity index (χ3v) is 4.22. The molecule has 0 bridgehead atoms. The van der Waals surface area contributed by atoms with Crippen LogP contribution in [0, 0.1) is 5.92 Å². The zero-order chi connectivity index (χ0) is 13.7. The molecule has 2 rings (SSSR count). The lowest BCUT2D eigenvalue weighted by Crippen LogP contribution is -2.22. The van der Waals surface area contributed by atoms with Gasteiger partial charge in [-0.05, 0) is 12.8 Å². The van der Waals surface area contributed by atoms with Crippen molar-refractivity contribution in [2.75, 3.05) is 25.6 Å². The van der Waals surface area contributed by atoms with Gasteiger partial charge in [0.05, 0.1) is 25.3 Å². The maximum atomic E-state index is 11.1. The highest BCUT2D eigenvalue weighted by molar-refractivity contribution is 7.13. The third kappa shape index (κ3) is 3.91. The van der Waals surface area contributed by atoms with Crippen molar-refractivity contribution in [1.82, 2.24) is 4.98 Å². The Morgan fingerprint density at radius 3 is 3.26 bits per heavy atom. The van der Waals surface area contributed by atoms with Crippen LogP contribution in [0.1, 0.15) is 25.5 Å². The summed E-state index contributed by atoms with van der Waals surface area (Å²) in [5.74, 6) is 0.296. The van der Waals surface area contributed by atoms with E-state index in [1.54, 1.807) is 0 Å². The van der Waals surface area contributed by atoms with Crippen molar-refractivity contribution in [3.05, 3.63) is 11.1 Å².